The van der Waals surface area contributed by atoms with E-state index in [1.807, 2.05) is 36.4 Å². The first kappa shape index (κ1) is 12.2. The normalized spacial score (nSPS) is 11.9. The Morgan fingerprint density at radius 2 is 1.94 bits per heavy atom. The molecule has 1 aromatic heterocycles. The van der Waals surface area contributed by atoms with Gasteiger partial charge in [0.1, 0.15) is 11.6 Å². The number of anilines is 2. The number of pyridine rings is 1. The topological polar surface area (TPSA) is 60.2 Å². The van der Waals surface area contributed by atoms with Crippen molar-refractivity contribution in [2.45, 2.75) is 13.0 Å². The standard InChI is InChI=1S/C14H17N3O/c1-10(11-5-7-12(18-2)8-6-11)17-13-4-3-9-16-14(13)15/h3-10,17H,1-2H3,(H2,15,16). The zero-order valence-corrected chi connectivity index (χ0v) is 10.6. The van der Waals surface area contributed by atoms with Crippen molar-refractivity contribution in [2.75, 3.05) is 18.2 Å². The first-order valence-electron chi connectivity index (χ1n) is 5.81. The number of aromatic nitrogens is 1. The molecule has 0 spiro atoms. The van der Waals surface area contributed by atoms with Crippen molar-refractivity contribution < 1.29 is 4.74 Å². The number of methoxy groups -OCH3 is 1. The Labute approximate surface area is 107 Å². The zero-order chi connectivity index (χ0) is 13.0. The van der Waals surface area contributed by atoms with Crippen LogP contribution in [-0.4, -0.2) is 12.1 Å². The highest BCUT2D eigenvalue weighted by Gasteiger charge is 2.07. The quantitative estimate of drug-likeness (QED) is 0.866. The van der Waals surface area contributed by atoms with Crippen molar-refractivity contribution in [3.05, 3.63) is 48.2 Å². The summed E-state index contributed by atoms with van der Waals surface area (Å²) < 4.78 is 5.14. The number of nitrogens with one attached hydrogen (secondary N) is 1. The maximum Gasteiger partial charge on any atom is 0.146 e. The van der Waals surface area contributed by atoms with Gasteiger partial charge in [-0.1, -0.05) is 12.1 Å². The molecule has 0 radical (unpaired) electrons. The van der Waals surface area contributed by atoms with Gasteiger partial charge in [0.2, 0.25) is 0 Å². The Bertz CT molecular complexity index is 511. The molecule has 94 valence electrons. The van der Waals surface area contributed by atoms with Gasteiger partial charge in [0, 0.05) is 12.2 Å². The first-order chi connectivity index (χ1) is 8.70. The molecule has 0 fully saturated rings. The molecule has 2 rings (SSSR count). The zero-order valence-electron chi connectivity index (χ0n) is 10.6. The third-order valence-electron chi connectivity index (χ3n) is 2.83. The molecular formula is C14H17N3O. The molecule has 0 aliphatic rings. The highest BCUT2D eigenvalue weighted by atomic mass is 16.5. The lowest BCUT2D eigenvalue weighted by Gasteiger charge is -2.16. The van der Waals surface area contributed by atoms with E-state index in [0.29, 0.717) is 5.82 Å². The monoisotopic (exact) mass is 243 g/mol. The number of hydrogen-bond acceptors (Lipinski definition) is 4. The van der Waals surface area contributed by atoms with Gasteiger partial charge >= 0.3 is 0 Å². The third kappa shape index (κ3) is 2.71. The Morgan fingerprint density at radius 3 is 2.56 bits per heavy atom. The molecule has 0 saturated carbocycles. The van der Waals surface area contributed by atoms with E-state index in [2.05, 4.69) is 17.2 Å². The summed E-state index contributed by atoms with van der Waals surface area (Å²) in [6.07, 6.45) is 1.68. The Kier molecular flexibility index (Phi) is 3.67. The van der Waals surface area contributed by atoms with Crippen LogP contribution in [0, 0.1) is 0 Å². The predicted octanol–water partition coefficient (Wildman–Crippen LogP) is 2.85. The molecule has 1 atom stereocenters. The van der Waals surface area contributed by atoms with Crippen LogP contribution in [0.3, 0.4) is 0 Å². The smallest absolute Gasteiger partial charge is 0.146 e. The fourth-order valence-electron chi connectivity index (χ4n) is 1.75. The van der Waals surface area contributed by atoms with E-state index < -0.39 is 0 Å². The van der Waals surface area contributed by atoms with Gasteiger partial charge in [-0.05, 0) is 36.8 Å². The van der Waals surface area contributed by atoms with Crippen LogP contribution in [0.5, 0.6) is 5.75 Å². The molecule has 1 heterocycles. The highest BCUT2D eigenvalue weighted by molar-refractivity contribution is 5.61. The maximum absolute atomic E-state index is 5.80. The lowest BCUT2D eigenvalue weighted by molar-refractivity contribution is 0.414. The average molecular weight is 243 g/mol. The summed E-state index contributed by atoms with van der Waals surface area (Å²) in [6.45, 7) is 2.08. The summed E-state index contributed by atoms with van der Waals surface area (Å²) in [6, 6.07) is 11.9. The van der Waals surface area contributed by atoms with Gasteiger partial charge in [0.05, 0.1) is 12.8 Å². The van der Waals surface area contributed by atoms with Crippen molar-refractivity contribution in [1.29, 1.82) is 0 Å². The number of ether oxygens (including phenoxy) is 1. The lowest BCUT2D eigenvalue weighted by Crippen LogP contribution is -2.08. The summed E-state index contributed by atoms with van der Waals surface area (Å²) >= 11 is 0. The van der Waals surface area contributed by atoms with Crippen LogP contribution in [-0.2, 0) is 0 Å². The lowest BCUT2D eigenvalue weighted by atomic mass is 10.1. The number of nitrogen functional groups attached to an aromatic ring is 1. The second-order valence-electron chi connectivity index (χ2n) is 4.08. The van der Waals surface area contributed by atoms with Crippen molar-refractivity contribution in [3.63, 3.8) is 0 Å². The average Bonchev–Trinajstić information content (AvgIpc) is 2.41. The number of nitrogens with zero attached hydrogens (tertiary/aromatic N) is 1. The number of rotatable bonds is 4. The maximum atomic E-state index is 5.80. The molecule has 0 aliphatic carbocycles. The van der Waals surface area contributed by atoms with E-state index >= 15 is 0 Å². The van der Waals surface area contributed by atoms with Crippen molar-refractivity contribution in [1.82, 2.24) is 4.98 Å². The van der Waals surface area contributed by atoms with E-state index in [1.54, 1.807) is 13.3 Å². The molecule has 18 heavy (non-hydrogen) atoms. The Hall–Kier alpha value is -2.23. The molecule has 2 aromatic rings. The van der Waals surface area contributed by atoms with Crippen LogP contribution in [0.2, 0.25) is 0 Å². The number of nitrogens with two attached hydrogens (primary N) is 1. The SMILES string of the molecule is COc1ccc(C(C)Nc2cccnc2N)cc1. The van der Waals surface area contributed by atoms with Crippen LogP contribution in [0.1, 0.15) is 18.5 Å². The Morgan fingerprint density at radius 1 is 1.22 bits per heavy atom. The molecule has 1 unspecified atom stereocenters. The summed E-state index contributed by atoms with van der Waals surface area (Å²) in [4.78, 5) is 4.05. The molecule has 0 saturated heterocycles. The first-order valence-corrected chi connectivity index (χ1v) is 5.81. The molecule has 1 aromatic carbocycles. The number of hydrogen-bond donors (Lipinski definition) is 2. The van der Waals surface area contributed by atoms with Gasteiger partial charge in [-0.3, -0.25) is 0 Å². The van der Waals surface area contributed by atoms with Crippen molar-refractivity contribution >= 4 is 11.5 Å². The van der Waals surface area contributed by atoms with Gasteiger partial charge < -0.3 is 15.8 Å². The minimum Gasteiger partial charge on any atom is -0.497 e. The van der Waals surface area contributed by atoms with Crippen LogP contribution in [0.15, 0.2) is 42.6 Å². The fraction of sp³-hybridized carbons (Fsp3) is 0.214. The van der Waals surface area contributed by atoms with Crippen LogP contribution >= 0.6 is 0 Å². The molecule has 0 amide bonds. The van der Waals surface area contributed by atoms with E-state index in [-0.39, 0.29) is 6.04 Å². The molecule has 0 bridgehead atoms. The molecule has 3 N–H and O–H groups in total. The van der Waals surface area contributed by atoms with E-state index in [1.165, 1.54) is 5.56 Å². The van der Waals surface area contributed by atoms with E-state index in [9.17, 15) is 0 Å². The van der Waals surface area contributed by atoms with Gasteiger partial charge in [-0.2, -0.15) is 0 Å². The van der Waals surface area contributed by atoms with Gasteiger partial charge in [-0.25, -0.2) is 4.98 Å². The molecule has 4 nitrogen and oxygen atoms in total. The summed E-state index contributed by atoms with van der Waals surface area (Å²) in [5.74, 6) is 1.37. The van der Waals surface area contributed by atoms with Gasteiger partial charge in [0.25, 0.3) is 0 Å². The second-order valence-corrected chi connectivity index (χ2v) is 4.08. The van der Waals surface area contributed by atoms with E-state index in [0.717, 1.165) is 11.4 Å². The summed E-state index contributed by atoms with van der Waals surface area (Å²) in [7, 11) is 1.66. The minimum atomic E-state index is 0.155. The van der Waals surface area contributed by atoms with Crippen molar-refractivity contribution in [3.8, 4) is 5.75 Å². The predicted molar refractivity (Wildman–Crippen MR) is 73.7 cm³/mol. The molecular weight excluding hydrogens is 226 g/mol. The summed E-state index contributed by atoms with van der Waals surface area (Å²) in [5.41, 5.74) is 7.81. The van der Waals surface area contributed by atoms with Crippen LogP contribution < -0.4 is 15.8 Å². The van der Waals surface area contributed by atoms with E-state index in [4.69, 9.17) is 10.5 Å². The third-order valence-corrected chi connectivity index (χ3v) is 2.83. The molecule has 0 aliphatic heterocycles. The minimum absolute atomic E-state index is 0.155. The largest absolute Gasteiger partial charge is 0.497 e. The summed E-state index contributed by atoms with van der Waals surface area (Å²) in [5, 5.41) is 3.34. The highest BCUT2D eigenvalue weighted by Crippen LogP contribution is 2.23. The van der Waals surface area contributed by atoms with Gasteiger partial charge in [-0.15, -0.1) is 0 Å². The number of benzene rings is 1. The second kappa shape index (κ2) is 5.40. The van der Waals surface area contributed by atoms with Crippen LogP contribution in [0.4, 0.5) is 11.5 Å². The van der Waals surface area contributed by atoms with Crippen LogP contribution in [0.25, 0.3) is 0 Å². The van der Waals surface area contributed by atoms with Gasteiger partial charge in [0.15, 0.2) is 0 Å². The van der Waals surface area contributed by atoms with Crippen molar-refractivity contribution in [2.24, 2.45) is 0 Å². The molecule has 4 heteroatoms. The Balaban J connectivity index is 2.11. The fourth-order valence-corrected chi connectivity index (χ4v) is 1.75.